The number of nitrogens with one attached hydrogen (secondary N) is 1. The van der Waals surface area contributed by atoms with Crippen molar-refractivity contribution in [2.45, 2.75) is 5.75 Å². The SMILES string of the molecule is O=C(CSCc1ccc(F)cc1)Nc1c(C(=O)N2CCOCC2)oc2ccccc12. The second-order valence-electron chi connectivity index (χ2n) is 6.87. The number of amides is 2. The lowest BCUT2D eigenvalue weighted by Crippen LogP contribution is -2.40. The first-order valence-corrected chi connectivity index (χ1v) is 10.8. The number of thioether (sulfide) groups is 1. The Morgan fingerprint density at radius 1 is 1.07 bits per heavy atom. The Balaban J connectivity index is 1.47. The number of ether oxygens (including phenoxy) is 1. The highest BCUT2D eigenvalue weighted by molar-refractivity contribution is 7.99. The number of furan rings is 1. The van der Waals surface area contributed by atoms with E-state index in [1.807, 2.05) is 18.2 Å². The third kappa shape index (κ3) is 4.66. The first-order chi connectivity index (χ1) is 14.6. The minimum atomic E-state index is -0.286. The normalized spacial score (nSPS) is 14.1. The summed E-state index contributed by atoms with van der Waals surface area (Å²) < 4.78 is 24.1. The van der Waals surface area contributed by atoms with Gasteiger partial charge in [-0.15, -0.1) is 11.8 Å². The molecule has 1 aliphatic rings. The molecule has 2 amide bonds. The van der Waals surface area contributed by atoms with Crippen LogP contribution in [-0.4, -0.2) is 48.8 Å². The molecular weight excluding hydrogens is 407 g/mol. The lowest BCUT2D eigenvalue weighted by molar-refractivity contribution is -0.113. The number of fused-ring (bicyclic) bond motifs is 1. The van der Waals surface area contributed by atoms with Gasteiger partial charge in [0, 0.05) is 24.2 Å². The smallest absolute Gasteiger partial charge is 0.291 e. The molecule has 1 N–H and O–H groups in total. The lowest BCUT2D eigenvalue weighted by atomic mass is 10.2. The van der Waals surface area contributed by atoms with Gasteiger partial charge in [0.05, 0.1) is 19.0 Å². The van der Waals surface area contributed by atoms with Gasteiger partial charge in [0.15, 0.2) is 0 Å². The van der Waals surface area contributed by atoms with Crippen molar-refractivity contribution in [3.63, 3.8) is 0 Å². The Morgan fingerprint density at radius 2 is 1.80 bits per heavy atom. The number of rotatable bonds is 6. The molecule has 1 aliphatic heterocycles. The lowest BCUT2D eigenvalue weighted by Gasteiger charge is -2.26. The van der Waals surface area contributed by atoms with Crippen molar-refractivity contribution in [3.8, 4) is 0 Å². The highest BCUT2D eigenvalue weighted by Gasteiger charge is 2.27. The third-order valence-electron chi connectivity index (χ3n) is 4.77. The largest absolute Gasteiger partial charge is 0.449 e. The molecule has 6 nitrogen and oxygen atoms in total. The van der Waals surface area contributed by atoms with Crippen molar-refractivity contribution >= 4 is 40.2 Å². The van der Waals surface area contributed by atoms with Gasteiger partial charge in [0.2, 0.25) is 11.7 Å². The molecule has 1 aromatic heterocycles. The number of para-hydroxylation sites is 1. The molecule has 8 heteroatoms. The quantitative estimate of drug-likeness (QED) is 0.644. The first-order valence-electron chi connectivity index (χ1n) is 9.62. The van der Waals surface area contributed by atoms with Crippen LogP contribution in [0.25, 0.3) is 11.0 Å². The standard InChI is InChI=1S/C22H21FN2O4S/c23-16-7-5-15(6-8-16)13-30-14-19(26)24-20-17-3-1-2-4-18(17)29-21(20)22(27)25-9-11-28-12-10-25/h1-8H,9-14H2,(H,24,26). The zero-order valence-electron chi connectivity index (χ0n) is 16.2. The number of hydrogen-bond acceptors (Lipinski definition) is 5. The fourth-order valence-electron chi connectivity index (χ4n) is 3.25. The monoisotopic (exact) mass is 428 g/mol. The van der Waals surface area contributed by atoms with Gasteiger partial charge in [0.1, 0.15) is 17.1 Å². The Labute approximate surface area is 177 Å². The summed E-state index contributed by atoms with van der Waals surface area (Å²) in [6, 6.07) is 13.4. The van der Waals surface area contributed by atoms with Gasteiger partial charge in [-0.2, -0.15) is 0 Å². The summed E-state index contributed by atoms with van der Waals surface area (Å²) in [5, 5.41) is 3.54. The number of carbonyl (C=O) groups is 2. The van der Waals surface area contributed by atoms with Crippen molar-refractivity contribution < 1.29 is 23.1 Å². The molecule has 0 spiro atoms. The summed E-state index contributed by atoms with van der Waals surface area (Å²) in [4.78, 5) is 27.2. The maximum Gasteiger partial charge on any atom is 0.291 e. The van der Waals surface area contributed by atoms with E-state index in [0.717, 1.165) is 5.56 Å². The molecule has 30 heavy (non-hydrogen) atoms. The van der Waals surface area contributed by atoms with Crippen LogP contribution in [0.15, 0.2) is 52.9 Å². The van der Waals surface area contributed by atoms with Gasteiger partial charge in [-0.1, -0.05) is 24.3 Å². The van der Waals surface area contributed by atoms with Gasteiger partial charge in [-0.3, -0.25) is 9.59 Å². The van der Waals surface area contributed by atoms with Crippen molar-refractivity contribution in [1.29, 1.82) is 0 Å². The Bertz CT molecular complexity index is 1040. The Hall–Kier alpha value is -2.84. The topological polar surface area (TPSA) is 71.8 Å². The maximum atomic E-state index is 13.0. The third-order valence-corrected chi connectivity index (χ3v) is 5.77. The zero-order valence-corrected chi connectivity index (χ0v) is 17.0. The van der Waals surface area contributed by atoms with E-state index >= 15 is 0 Å². The summed E-state index contributed by atoms with van der Waals surface area (Å²) in [7, 11) is 0. The average molecular weight is 428 g/mol. The molecule has 156 valence electrons. The molecule has 0 atom stereocenters. The van der Waals surface area contributed by atoms with Gasteiger partial charge in [-0.25, -0.2) is 4.39 Å². The molecule has 0 saturated carbocycles. The molecule has 0 aliphatic carbocycles. The molecule has 4 rings (SSSR count). The highest BCUT2D eigenvalue weighted by Crippen LogP contribution is 2.32. The number of morpholine rings is 1. The van der Waals surface area contributed by atoms with Crippen molar-refractivity contribution in [1.82, 2.24) is 4.90 Å². The number of hydrogen-bond donors (Lipinski definition) is 1. The summed E-state index contributed by atoms with van der Waals surface area (Å²) in [6.07, 6.45) is 0. The predicted molar refractivity (Wildman–Crippen MR) is 114 cm³/mol. The molecule has 2 heterocycles. The van der Waals surface area contributed by atoms with E-state index in [1.165, 1.54) is 23.9 Å². The summed E-state index contributed by atoms with van der Waals surface area (Å²) >= 11 is 1.41. The fourth-order valence-corrected chi connectivity index (χ4v) is 4.04. The van der Waals surface area contributed by atoms with Crippen LogP contribution >= 0.6 is 11.8 Å². The van der Waals surface area contributed by atoms with E-state index in [4.69, 9.17) is 9.15 Å². The number of carbonyl (C=O) groups excluding carboxylic acids is 2. The molecule has 0 bridgehead atoms. The molecule has 1 fully saturated rings. The predicted octanol–water partition coefficient (Wildman–Crippen LogP) is 3.92. The van der Waals surface area contributed by atoms with Crippen molar-refractivity contribution in [2.24, 2.45) is 0 Å². The van der Waals surface area contributed by atoms with Crippen LogP contribution in [0, 0.1) is 5.82 Å². The van der Waals surface area contributed by atoms with Crippen molar-refractivity contribution in [3.05, 3.63) is 65.7 Å². The number of benzene rings is 2. The average Bonchev–Trinajstić information content (AvgIpc) is 3.13. The van der Waals surface area contributed by atoms with E-state index in [1.54, 1.807) is 23.1 Å². The maximum absolute atomic E-state index is 13.0. The van der Waals surface area contributed by atoms with Crippen LogP contribution in [0.5, 0.6) is 0 Å². The molecule has 0 radical (unpaired) electrons. The second-order valence-corrected chi connectivity index (χ2v) is 7.86. The fraction of sp³-hybridized carbons (Fsp3) is 0.273. The van der Waals surface area contributed by atoms with Crippen LogP contribution in [0.1, 0.15) is 16.1 Å². The van der Waals surface area contributed by atoms with Gasteiger partial charge < -0.3 is 19.4 Å². The van der Waals surface area contributed by atoms with Crippen LogP contribution < -0.4 is 5.32 Å². The minimum Gasteiger partial charge on any atom is -0.449 e. The first kappa shape index (κ1) is 20.4. The minimum absolute atomic E-state index is 0.134. The van der Waals surface area contributed by atoms with Gasteiger partial charge >= 0.3 is 0 Å². The van der Waals surface area contributed by atoms with Gasteiger partial charge in [-0.05, 0) is 29.8 Å². The molecule has 2 aromatic carbocycles. The number of anilines is 1. The van der Waals surface area contributed by atoms with E-state index in [-0.39, 0.29) is 29.1 Å². The highest BCUT2D eigenvalue weighted by atomic mass is 32.2. The summed E-state index contributed by atoms with van der Waals surface area (Å²) in [6.45, 7) is 1.93. The molecule has 1 saturated heterocycles. The van der Waals surface area contributed by atoms with Crippen LogP contribution in [0.3, 0.4) is 0 Å². The van der Waals surface area contributed by atoms with Crippen LogP contribution in [-0.2, 0) is 15.3 Å². The molecular formula is C22H21FN2O4S. The number of halogens is 1. The van der Waals surface area contributed by atoms with E-state index in [2.05, 4.69) is 5.32 Å². The van der Waals surface area contributed by atoms with E-state index in [0.29, 0.717) is 48.7 Å². The van der Waals surface area contributed by atoms with E-state index in [9.17, 15) is 14.0 Å². The Kier molecular flexibility index (Phi) is 6.35. The van der Waals surface area contributed by atoms with Gasteiger partial charge in [0.25, 0.3) is 5.91 Å². The second kappa shape index (κ2) is 9.32. The summed E-state index contributed by atoms with van der Waals surface area (Å²) in [5.41, 5.74) is 1.88. The van der Waals surface area contributed by atoms with Crippen LogP contribution in [0.4, 0.5) is 10.1 Å². The number of nitrogens with zero attached hydrogens (tertiary/aromatic N) is 1. The van der Waals surface area contributed by atoms with E-state index < -0.39 is 0 Å². The summed E-state index contributed by atoms with van der Waals surface area (Å²) in [5.74, 6) is 0.135. The van der Waals surface area contributed by atoms with Crippen LogP contribution in [0.2, 0.25) is 0 Å². The molecule has 3 aromatic rings. The zero-order chi connectivity index (χ0) is 20.9. The Morgan fingerprint density at radius 3 is 2.57 bits per heavy atom. The molecule has 0 unspecified atom stereocenters. The van der Waals surface area contributed by atoms with Crippen molar-refractivity contribution in [2.75, 3.05) is 37.4 Å².